The van der Waals surface area contributed by atoms with E-state index in [2.05, 4.69) is 34.7 Å². The van der Waals surface area contributed by atoms with Gasteiger partial charge in [-0.15, -0.1) is 0 Å². The predicted octanol–water partition coefficient (Wildman–Crippen LogP) is 7.26. The maximum absolute atomic E-state index is 13.9. The second-order valence-electron chi connectivity index (χ2n) is 9.36. The Hall–Kier alpha value is -5.51. The van der Waals surface area contributed by atoms with E-state index in [0.29, 0.717) is 22.7 Å². The van der Waals surface area contributed by atoms with E-state index < -0.39 is 48.5 Å². The third-order valence-corrected chi connectivity index (χ3v) is 9.55. The fourth-order valence-electron chi connectivity index (χ4n) is 4.17. The molecular formula is C27H15Cl2F3N10O4S2. The Bertz CT molecular complexity index is 2550. The van der Waals surface area contributed by atoms with Crippen molar-refractivity contribution >= 4 is 82.4 Å². The minimum atomic E-state index is -4.24. The highest BCUT2D eigenvalue weighted by molar-refractivity contribution is 7.93. The first-order chi connectivity index (χ1) is 22.7. The number of hydrogen-bond donors (Lipinski definition) is 4. The molecule has 6 aromatic rings. The minimum Gasteiger partial charge on any atom is -0.360 e. The van der Waals surface area contributed by atoms with E-state index in [4.69, 9.17) is 34.0 Å². The molecule has 0 bridgehead atoms. The van der Waals surface area contributed by atoms with Crippen molar-refractivity contribution in [3.63, 3.8) is 0 Å². The molecule has 0 aliphatic heterocycles. The van der Waals surface area contributed by atoms with E-state index in [1.807, 2.05) is 4.72 Å². The molecule has 2 aromatic carbocycles. The second kappa shape index (κ2) is 13.3. The molecule has 0 fully saturated rings. The van der Waals surface area contributed by atoms with Gasteiger partial charge in [-0.25, -0.2) is 30.6 Å². The molecule has 0 unspecified atom stereocenters. The van der Waals surface area contributed by atoms with Gasteiger partial charge in [0.25, 0.3) is 20.0 Å². The maximum Gasteiger partial charge on any atom is 0.265 e. The SMILES string of the molecule is N#Cc1ccc(NS(=O)(=O)c2c[nH]c3cc(N=[N+]=[N-])ccc23)c(F)c1.O=S(=O)(Nc1nc(F)c(Cl)cc1F)c1c[nH]c2nc(Cl)ccc12. The number of sulfonamides is 2. The lowest BCUT2D eigenvalue weighted by atomic mass is 10.2. The molecule has 0 saturated heterocycles. The van der Waals surface area contributed by atoms with Crippen molar-refractivity contribution in [2.75, 3.05) is 9.44 Å². The zero-order valence-corrected chi connectivity index (χ0v) is 26.5. The number of nitrogens with one attached hydrogen (secondary N) is 4. The number of aromatic amines is 2. The number of halogens is 5. The predicted molar refractivity (Wildman–Crippen MR) is 170 cm³/mol. The summed E-state index contributed by atoms with van der Waals surface area (Å²) in [6, 6.07) is 13.1. The van der Waals surface area contributed by atoms with Crippen molar-refractivity contribution in [3.05, 3.63) is 111 Å². The maximum atomic E-state index is 13.9. The lowest BCUT2D eigenvalue weighted by Gasteiger charge is -2.08. The van der Waals surface area contributed by atoms with Crippen LogP contribution in [0.25, 0.3) is 32.4 Å². The number of benzene rings is 2. The van der Waals surface area contributed by atoms with E-state index in [1.165, 1.54) is 48.7 Å². The number of H-pyrrole nitrogens is 2. The fraction of sp³-hybridized carbons (Fsp3) is 0. The summed E-state index contributed by atoms with van der Waals surface area (Å²) in [4.78, 5) is 14.8. The number of fused-ring (bicyclic) bond motifs is 2. The molecule has 0 amide bonds. The summed E-state index contributed by atoms with van der Waals surface area (Å²) in [5.41, 5.74) is 9.26. The zero-order chi connectivity index (χ0) is 34.8. The Morgan fingerprint density at radius 1 is 0.854 bits per heavy atom. The van der Waals surface area contributed by atoms with Crippen molar-refractivity contribution in [2.24, 2.45) is 5.11 Å². The van der Waals surface area contributed by atoms with Crippen LogP contribution in [-0.2, 0) is 20.0 Å². The normalized spacial score (nSPS) is 11.3. The molecule has 4 N–H and O–H groups in total. The van der Waals surface area contributed by atoms with Gasteiger partial charge in [0.05, 0.1) is 22.3 Å². The summed E-state index contributed by atoms with van der Waals surface area (Å²) in [6.07, 6.45) is 2.41. The molecule has 244 valence electrons. The van der Waals surface area contributed by atoms with E-state index in [-0.39, 0.29) is 37.2 Å². The van der Waals surface area contributed by atoms with Gasteiger partial charge in [0.2, 0.25) is 5.95 Å². The van der Waals surface area contributed by atoms with Crippen LogP contribution in [0.4, 0.5) is 30.4 Å². The number of pyridine rings is 2. The third kappa shape index (κ3) is 7.07. The van der Waals surface area contributed by atoms with Crippen LogP contribution in [0, 0.1) is 28.9 Å². The largest absolute Gasteiger partial charge is 0.360 e. The average Bonchev–Trinajstić information content (AvgIpc) is 3.66. The number of nitriles is 1. The highest BCUT2D eigenvalue weighted by Crippen LogP contribution is 2.29. The molecule has 0 saturated carbocycles. The lowest BCUT2D eigenvalue weighted by Crippen LogP contribution is -2.15. The van der Waals surface area contributed by atoms with E-state index in [1.54, 1.807) is 6.07 Å². The van der Waals surface area contributed by atoms with Crippen LogP contribution in [0.15, 0.2) is 81.9 Å². The summed E-state index contributed by atoms with van der Waals surface area (Å²) in [7, 11) is -8.31. The van der Waals surface area contributed by atoms with Crippen molar-refractivity contribution in [3.8, 4) is 6.07 Å². The first-order valence-electron chi connectivity index (χ1n) is 12.8. The molecule has 14 nitrogen and oxygen atoms in total. The molecule has 0 spiro atoms. The molecule has 4 aromatic heterocycles. The van der Waals surface area contributed by atoms with Crippen LogP contribution in [0.2, 0.25) is 10.2 Å². The first-order valence-corrected chi connectivity index (χ1v) is 16.5. The monoisotopic (exact) mass is 734 g/mol. The van der Waals surface area contributed by atoms with Crippen LogP contribution in [0.5, 0.6) is 0 Å². The zero-order valence-electron chi connectivity index (χ0n) is 23.4. The smallest absolute Gasteiger partial charge is 0.265 e. The summed E-state index contributed by atoms with van der Waals surface area (Å²) in [6.45, 7) is 0. The molecule has 0 atom stereocenters. The van der Waals surface area contributed by atoms with Gasteiger partial charge in [-0.1, -0.05) is 40.4 Å². The Kier molecular flexibility index (Phi) is 9.38. The minimum absolute atomic E-state index is 0.0816. The number of nitrogens with zero attached hydrogens (tertiary/aromatic N) is 6. The van der Waals surface area contributed by atoms with E-state index in [9.17, 15) is 30.0 Å². The molecular weight excluding hydrogens is 720 g/mol. The summed E-state index contributed by atoms with van der Waals surface area (Å²) >= 11 is 11.1. The van der Waals surface area contributed by atoms with Gasteiger partial charge < -0.3 is 9.97 Å². The highest BCUT2D eigenvalue weighted by atomic mass is 35.5. The second-order valence-corrected chi connectivity index (χ2v) is 13.5. The van der Waals surface area contributed by atoms with Crippen molar-refractivity contribution in [1.82, 2.24) is 19.9 Å². The average molecular weight is 736 g/mol. The molecule has 0 radical (unpaired) electrons. The van der Waals surface area contributed by atoms with E-state index >= 15 is 0 Å². The quantitative estimate of drug-likeness (QED) is 0.0568. The van der Waals surface area contributed by atoms with Gasteiger partial charge in [-0.05, 0) is 41.9 Å². The number of rotatable bonds is 7. The number of azide groups is 1. The fourth-order valence-corrected chi connectivity index (χ4v) is 6.88. The van der Waals surface area contributed by atoms with Gasteiger partial charge in [0.15, 0.2) is 11.6 Å². The van der Waals surface area contributed by atoms with Crippen molar-refractivity contribution in [1.29, 1.82) is 5.26 Å². The summed E-state index contributed by atoms with van der Waals surface area (Å²) in [5, 5.41) is 12.4. The molecule has 0 aliphatic rings. The standard InChI is InChI=1S/C15H9FN6O2S.C12H6Cl2F2N4O2S/c16-12-5-9(7-17)1-4-13(12)21-25(23,24)15-8-19-14-6-10(20-22-18)2-3-11(14)15;13-6-3-7(15)12(19-10(6)16)20-23(21,22)8-4-17-11-5(8)1-2-9(14)18-11/h1-6,8,19,21H;1-4H,(H,17,18)(H,19,20). The van der Waals surface area contributed by atoms with Gasteiger partial charge in [-0.3, -0.25) is 9.44 Å². The molecule has 4 heterocycles. The highest BCUT2D eigenvalue weighted by Gasteiger charge is 2.23. The van der Waals surface area contributed by atoms with Crippen molar-refractivity contribution in [2.45, 2.75) is 9.79 Å². The van der Waals surface area contributed by atoms with Crippen LogP contribution < -0.4 is 9.44 Å². The van der Waals surface area contributed by atoms with Crippen molar-refractivity contribution < 1.29 is 30.0 Å². The van der Waals surface area contributed by atoms with Gasteiger partial charge in [-0.2, -0.15) is 14.6 Å². The Morgan fingerprint density at radius 2 is 1.54 bits per heavy atom. The molecule has 21 heteroatoms. The third-order valence-electron chi connectivity index (χ3n) is 6.29. The number of aromatic nitrogens is 4. The first kappa shape index (κ1) is 33.8. The Labute approximate surface area is 277 Å². The number of hydrogen-bond acceptors (Lipinski definition) is 8. The van der Waals surface area contributed by atoms with Gasteiger partial charge >= 0.3 is 0 Å². The summed E-state index contributed by atoms with van der Waals surface area (Å²) in [5.74, 6) is -3.96. The Balaban J connectivity index is 0.000000188. The van der Waals surface area contributed by atoms with E-state index in [0.717, 1.165) is 12.3 Å². The summed E-state index contributed by atoms with van der Waals surface area (Å²) < 4.78 is 94.8. The van der Waals surface area contributed by atoms with Crippen LogP contribution >= 0.6 is 23.2 Å². The van der Waals surface area contributed by atoms with Crippen LogP contribution in [-0.4, -0.2) is 36.8 Å². The van der Waals surface area contributed by atoms with Gasteiger partial charge in [0, 0.05) is 45.3 Å². The topological polar surface area (TPSA) is 222 Å². The lowest BCUT2D eigenvalue weighted by molar-refractivity contribution is 0.564. The van der Waals surface area contributed by atoms with Crippen LogP contribution in [0.3, 0.4) is 0 Å². The molecule has 0 aliphatic carbocycles. The van der Waals surface area contributed by atoms with Crippen LogP contribution in [0.1, 0.15) is 5.56 Å². The molecule has 6 rings (SSSR count). The number of anilines is 2. The Morgan fingerprint density at radius 3 is 2.25 bits per heavy atom. The van der Waals surface area contributed by atoms with Gasteiger partial charge in [0.1, 0.15) is 26.4 Å². The molecule has 48 heavy (non-hydrogen) atoms.